The molecule has 2 aromatic heterocycles. The summed E-state index contributed by atoms with van der Waals surface area (Å²) >= 11 is 0. The summed E-state index contributed by atoms with van der Waals surface area (Å²) in [5.41, 5.74) is 9.99. The van der Waals surface area contributed by atoms with Gasteiger partial charge in [0.15, 0.2) is 24.8 Å². The van der Waals surface area contributed by atoms with E-state index in [1.807, 2.05) is 0 Å². The number of hydrogen-bond donors (Lipinski definition) is 0. The topological polar surface area (TPSA) is 14.2 Å². The predicted molar refractivity (Wildman–Crippen MR) is 184 cm³/mol. The Morgan fingerprint density at radius 2 is 0.881 bits per heavy atom. The maximum atomic E-state index is 2.31. The van der Waals surface area contributed by atoms with Gasteiger partial charge >= 0.3 is 0 Å². The van der Waals surface area contributed by atoms with Gasteiger partial charge in [-0.05, 0) is 60.4 Å². The minimum Gasteiger partial charge on any atom is -0.378 e. The smallest absolute Gasteiger partial charge is 0.172 e. The molecule has 0 bridgehead atoms. The summed E-state index contributed by atoms with van der Waals surface area (Å²) in [4.78, 5) is 4.24. The minimum atomic E-state index is 0. The van der Waals surface area contributed by atoms with Crippen LogP contribution < -0.4 is 18.9 Å². The summed E-state index contributed by atoms with van der Waals surface area (Å²) < 4.78 is 4.63. The summed E-state index contributed by atoms with van der Waals surface area (Å²) in [6.07, 6.45) is 20.0. The van der Waals surface area contributed by atoms with Crippen LogP contribution >= 0.6 is 0 Å². The molecule has 0 aliphatic carbocycles. The molecule has 0 fully saturated rings. The van der Waals surface area contributed by atoms with Crippen molar-refractivity contribution in [1.82, 2.24) is 0 Å². The number of hydrogen-bond acceptors (Lipinski definition) is 2. The summed E-state index contributed by atoms with van der Waals surface area (Å²) in [7, 11) is 8.27. The first-order valence-corrected chi connectivity index (χ1v) is 14.2. The Morgan fingerprint density at radius 1 is 0.524 bits per heavy atom. The number of anilines is 2. The number of benzene rings is 2. The zero-order chi connectivity index (χ0) is 28.5. The summed E-state index contributed by atoms with van der Waals surface area (Å²) in [5.74, 6) is 0. The van der Waals surface area contributed by atoms with Gasteiger partial charge in [0.05, 0.1) is 0 Å². The summed E-state index contributed by atoms with van der Waals surface area (Å²) in [5, 5.41) is 0. The molecule has 2 aromatic carbocycles. The van der Waals surface area contributed by atoms with Crippen LogP contribution in [0.25, 0.3) is 24.3 Å². The van der Waals surface area contributed by atoms with E-state index in [1.54, 1.807) is 0 Å². The van der Waals surface area contributed by atoms with E-state index in [1.165, 1.54) is 44.8 Å². The van der Waals surface area contributed by atoms with Gasteiger partial charge in [-0.15, -0.1) is 0 Å². The number of nitrogens with zero attached hydrogens (tertiary/aromatic N) is 4. The van der Waals surface area contributed by atoms with E-state index in [2.05, 4.69) is 171 Å². The third-order valence-electron chi connectivity index (χ3n) is 7.33. The van der Waals surface area contributed by atoms with Crippen LogP contribution in [-0.2, 0) is 13.1 Å². The van der Waals surface area contributed by atoms with Crippen LogP contribution in [0.15, 0.2) is 85.5 Å². The van der Waals surface area contributed by atoms with Crippen molar-refractivity contribution in [3.05, 3.63) is 134 Å². The third-order valence-corrected chi connectivity index (χ3v) is 7.33. The van der Waals surface area contributed by atoms with Crippen molar-refractivity contribution in [2.45, 2.75) is 39.8 Å². The normalized spacial score (nSPS) is 10.9. The lowest BCUT2D eigenvalue weighted by molar-refractivity contribution is -0.708. The Morgan fingerprint density at radius 3 is 1.19 bits per heavy atom. The van der Waals surface area contributed by atoms with Crippen molar-refractivity contribution < 1.29 is 9.13 Å². The molecule has 222 valence electrons. The molecule has 2 heterocycles. The van der Waals surface area contributed by atoms with Gasteiger partial charge in [-0.3, -0.25) is 0 Å². The van der Waals surface area contributed by atoms with Crippen molar-refractivity contribution in [3.63, 3.8) is 0 Å². The van der Waals surface area contributed by atoms with E-state index in [9.17, 15) is 0 Å². The van der Waals surface area contributed by atoms with E-state index in [4.69, 9.17) is 0 Å². The van der Waals surface area contributed by atoms with Crippen molar-refractivity contribution in [2.24, 2.45) is 0 Å². The fourth-order valence-corrected chi connectivity index (χ4v) is 4.73. The molecule has 0 atom stereocenters. The van der Waals surface area contributed by atoms with Crippen molar-refractivity contribution in [2.75, 3.05) is 38.0 Å². The molecule has 42 heavy (non-hydrogen) atoms. The highest BCUT2D eigenvalue weighted by Crippen LogP contribution is 2.17. The van der Waals surface area contributed by atoms with Crippen LogP contribution in [0.3, 0.4) is 0 Å². The molecule has 0 saturated heterocycles. The average Bonchev–Trinajstić information content (AvgIpc) is 2.95. The Hall–Kier alpha value is -4.18. The van der Waals surface area contributed by atoms with Gasteiger partial charge in [-0.2, -0.15) is 0 Å². The zero-order valence-electron chi connectivity index (χ0n) is 27.0. The fraction of sp³-hybridized carbons (Fsp3) is 0.263. The van der Waals surface area contributed by atoms with Crippen molar-refractivity contribution >= 4 is 35.7 Å². The van der Waals surface area contributed by atoms with Gasteiger partial charge in [-0.25, -0.2) is 9.13 Å². The largest absolute Gasteiger partial charge is 0.378 e. The molecular formula is C38H50N4. The highest BCUT2D eigenvalue weighted by atomic mass is 15.1. The quantitative estimate of drug-likeness (QED) is 0.105. The second kappa shape index (κ2) is 16.3. The van der Waals surface area contributed by atoms with Crippen LogP contribution in [0.1, 0.15) is 46.2 Å². The number of unbranched alkanes of at least 4 members (excludes halogenated alkanes) is 1. The molecule has 4 aromatic rings. The van der Waals surface area contributed by atoms with Crippen LogP contribution in [-0.4, -0.2) is 28.2 Å². The number of pyridine rings is 2. The Balaban J connectivity index is 0.00000308. The molecule has 0 saturated carbocycles. The Labute approximate surface area is 255 Å². The molecule has 0 aliphatic heterocycles. The minimum absolute atomic E-state index is 0. The van der Waals surface area contributed by atoms with Crippen molar-refractivity contribution in [3.8, 4) is 0 Å². The monoisotopic (exact) mass is 562 g/mol. The molecule has 0 N–H and O–H groups in total. The second-order valence-corrected chi connectivity index (χ2v) is 11.0. The van der Waals surface area contributed by atoms with E-state index in [-0.39, 0.29) is 14.9 Å². The molecule has 0 aliphatic rings. The fourth-order valence-electron chi connectivity index (χ4n) is 4.73. The number of aryl methyl sites for hydroxylation is 4. The van der Waals surface area contributed by atoms with Gasteiger partial charge in [0.2, 0.25) is 0 Å². The lowest BCUT2D eigenvalue weighted by atomic mass is 10.1. The Bertz CT molecular complexity index is 1330. The molecule has 4 nitrogen and oxygen atoms in total. The first-order valence-electron chi connectivity index (χ1n) is 14.2. The highest BCUT2D eigenvalue weighted by molar-refractivity contribution is 5.72. The number of aromatic nitrogens is 2. The first-order chi connectivity index (χ1) is 19.3. The van der Waals surface area contributed by atoms with Gasteiger partial charge < -0.3 is 24.7 Å². The van der Waals surface area contributed by atoms with Crippen LogP contribution in [0, 0.1) is 28.7 Å². The molecule has 0 radical (unpaired) electrons. The maximum absolute atomic E-state index is 2.31. The molecule has 0 spiro atoms. The first kappa shape index (κ1) is 34.0. The van der Waals surface area contributed by atoms with Crippen LogP contribution in [0.4, 0.5) is 11.4 Å². The second-order valence-electron chi connectivity index (χ2n) is 11.0. The number of rotatable bonds is 11. The summed E-state index contributed by atoms with van der Waals surface area (Å²) in [6, 6.07) is 21.7. The Kier molecular flexibility index (Phi) is 13.2. The molecule has 4 heteroatoms. The molecular weight excluding hydrogens is 512 g/mol. The van der Waals surface area contributed by atoms with E-state index in [0.717, 1.165) is 25.9 Å². The molecule has 0 unspecified atom stereocenters. The van der Waals surface area contributed by atoms with Gasteiger partial charge in [-0.1, -0.05) is 48.6 Å². The van der Waals surface area contributed by atoms with E-state index in [0.29, 0.717) is 0 Å². The summed E-state index contributed by atoms with van der Waals surface area (Å²) in [6.45, 7) is 6.45. The zero-order valence-corrected chi connectivity index (χ0v) is 27.0. The standard InChI is InChI=1S/C36H44N4.2CH3/c1-29-27-39(25-21-33(29)15-9-31-11-17-35(18-12-31)37(3)4)23-7-8-24-40-26-22-34(30(2)28-40)16-10-32-13-19-36(20-14-32)38(5)6;;/h9-22,25-28H,7-8,23-24H2,1-6H3;2*1H3/q+2;2*-1. The van der Waals surface area contributed by atoms with Crippen LogP contribution in [0.5, 0.6) is 0 Å². The average molecular weight is 563 g/mol. The molecule has 4 rings (SSSR count). The highest BCUT2D eigenvalue weighted by Gasteiger charge is 2.08. The lowest BCUT2D eigenvalue weighted by Gasteiger charge is -2.11. The SMILES string of the molecule is Cc1c[n+](CCCC[n+]2ccc(/C=C/c3ccc(N(C)C)cc3)c(C)c2)ccc1/C=C/c1ccc(N(C)C)cc1.[CH3-].[CH3-]. The third kappa shape index (κ3) is 9.73. The van der Waals surface area contributed by atoms with Gasteiger partial charge in [0, 0.05) is 75.7 Å². The van der Waals surface area contributed by atoms with E-state index >= 15 is 0 Å². The van der Waals surface area contributed by atoms with Gasteiger partial charge in [0.1, 0.15) is 13.1 Å². The lowest BCUT2D eigenvalue weighted by Crippen LogP contribution is -2.36. The molecule has 0 amide bonds. The van der Waals surface area contributed by atoms with E-state index < -0.39 is 0 Å². The maximum Gasteiger partial charge on any atom is 0.172 e. The van der Waals surface area contributed by atoms with Crippen LogP contribution in [0.2, 0.25) is 0 Å². The van der Waals surface area contributed by atoms with Crippen molar-refractivity contribution in [1.29, 1.82) is 0 Å². The predicted octanol–water partition coefficient (Wildman–Crippen LogP) is 7.73. The van der Waals surface area contributed by atoms with Gasteiger partial charge in [0.25, 0.3) is 0 Å².